The molecule has 2 aliphatic rings. The highest BCUT2D eigenvalue weighted by Gasteiger charge is 2.45. The Labute approximate surface area is 127 Å². The van der Waals surface area contributed by atoms with Gasteiger partial charge in [0.1, 0.15) is 0 Å². The summed E-state index contributed by atoms with van der Waals surface area (Å²) in [5, 5.41) is 12.8. The maximum absolute atomic E-state index is 12.6. The monoisotopic (exact) mass is 296 g/mol. The Hall–Kier alpha value is -1.10. The van der Waals surface area contributed by atoms with E-state index in [1.807, 2.05) is 14.0 Å². The molecular weight excluding hydrogens is 268 g/mol. The molecule has 0 aromatic heterocycles. The number of hydrogen-bond acceptors (Lipinski definition) is 3. The van der Waals surface area contributed by atoms with Crippen molar-refractivity contribution in [3.63, 3.8) is 0 Å². The molecule has 0 bridgehead atoms. The van der Waals surface area contributed by atoms with Crippen molar-refractivity contribution in [2.24, 2.45) is 5.41 Å². The van der Waals surface area contributed by atoms with Gasteiger partial charge in [-0.1, -0.05) is 26.2 Å². The van der Waals surface area contributed by atoms with Gasteiger partial charge in [0, 0.05) is 25.0 Å². The van der Waals surface area contributed by atoms with Crippen LogP contribution in [-0.2, 0) is 9.59 Å². The zero-order valence-corrected chi connectivity index (χ0v) is 13.3. The van der Waals surface area contributed by atoms with Gasteiger partial charge in [-0.2, -0.15) is 0 Å². The van der Waals surface area contributed by atoms with Crippen LogP contribution >= 0.6 is 0 Å². The van der Waals surface area contributed by atoms with Gasteiger partial charge in [-0.15, -0.1) is 0 Å². The minimum atomic E-state index is -0.763. The summed E-state index contributed by atoms with van der Waals surface area (Å²) in [5.41, 5.74) is -0.801. The lowest BCUT2D eigenvalue weighted by Crippen LogP contribution is -2.49. The molecule has 0 aromatic carbocycles. The van der Waals surface area contributed by atoms with E-state index in [1.165, 1.54) is 19.3 Å². The van der Waals surface area contributed by atoms with E-state index in [9.17, 15) is 14.7 Å². The Morgan fingerprint density at radius 3 is 2.33 bits per heavy atom. The summed E-state index contributed by atoms with van der Waals surface area (Å²) in [6, 6.07) is 0. The number of likely N-dealkylation sites (tertiary alicyclic amines) is 1. The molecule has 0 radical (unpaired) electrons. The fraction of sp³-hybridized carbons (Fsp3) is 0.875. The van der Waals surface area contributed by atoms with E-state index in [0.717, 1.165) is 12.8 Å². The van der Waals surface area contributed by atoms with Crippen LogP contribution in [0.3, 0.4) is 0 Å². The van der Waals surface area contributed by atoms with Crippen LogP contribution in [0.25, 0.3) is 0 Å². The minimum absolute atomic E-state index is 0.0734. The summed E-state index contributed by atoms with van der Waals surface area (Å²) in [6.07, 6.45) is 7.34. The van der Waals surface area contributed by atoms with Crippen molar-refractivity contribution in [3.05, 3.63) is 0 Å². The molecule has 1 amide bonds. The maximum atomic E-state index is 12.6. The Balaban J connectivity index is 1.99. The lowest BCUT2D eigenvalue weighted by Gasteiger charge is -2.37. The molecule has 5 heteroatoms. The largest absolute Gasteiger partial charge is 0.481 e. The van der Waals surface area contributed by atoms with E-state index >= 15 is 0 Å². The van der Waals surface area contributed by atoms with Gasteiger partial charge in [-0.3, -0.25) is 9.59 Å². The standard InChI is InChI=1S/C16H28N2O3/c1-3-15(14(20)21)9-10-18(12-15)13(19)11-16(17-2)7-5-4-6-8-16/h17H,3-12H2,1-2H3,(H,20,21). The van der Waals surface area contributed by atoms with E-state index in [2.05, 4.69) is 5.32 Å². The molecule has 0 aromatic rings. The topological polar surface area (TPSA) is 69.6 Å². The van der Waals surface area contributed by atoms with Crippen LogP contribution in [-0.4, -0.2) is 47.6 Å². The molecule has 21 heavy (non-hydrogen) atoms. The van der Waals surface area contributed by atoms with Crippen LogP contribution in [0, 0.1) is 5.41 Å². The second-order valence-corrected chi connectivity index (χ2v) is 6.77. The summed E-state index contributed by atoms with van der Waals surface area (Å²) in [5.74, 6) is -0.649. The third kappa shape index (κ3) is 3.23. The molecule has 1 atom stereocenters. The summed E-state index contributed by atoms with van der Waals surface area (Å²) < 4.78 is 0. The van der Waals surface area contributed by atoms with Gasteiger partial charge in [0.05, 0.1) is 5.41 Å². The van der Waals surface area contributed by atoms with Gasteiger partial charge in [0.15, 0.2) is 0 Å². The number of amides is 1. The van der Waals surface area contributed by atoms with E-state index in [1.54, 1.807) is 4.90 Å². The maximum Gasteiger partial charge on any atom is 0.311 e. The van der Waals surface area contributed by atoms with Crippen molar-refractivity contribution in [1.29, 1.82) is 0 Å². The van der Waals surface area contributed by atoms with Gasteiger partial charge in [-0.05, 0) is 32.7 Å². The van der Waals surface area contributed by atoms with Gasteiger partial charge < -0.3 is 15.3 Å². The molecule has 1 aliphatic carbocycles. The zero-order valence-electron chi connectivity index (χ0n) is 13.3. The highest BCUT2D eigenvalue weighted by Crippen LogP contribution is 2.36. The Bertz CT molecular complexity index is 404. The number of carbonyl (C=O) groups excluding carboxylic acids is 1. The summed E-state index contributed by atoms with van der Waals surface area (Å²) in [6.45, 7) is 2.86. The Kier molecular flexibility index (Phi) is 4.91. The van der Waals surface area contributed by atoms with Crippen LogP contribution < -0.4 is 5.32 Å². The van der Waals surface area contributed by atoms with Crippen molar-refractivity contribution in [3.8, 4) is 0 Å². The summed E-state index contributed by atoms with van der Waals surface area (Å²) >= 11 is 0. The lowest BCUT2D eigenvalue weighted by atomic mass is 9.79. The first kappa shape index (κ1) is 16.3. The average Bonchev–Trinajstić information content (AvgIpc) is 2.94. The highest BCUT2D eigenvalue weighted by atomic mass is 16.4. The fourth-order valence-corrected chi connectivity index (χ4v) is 3.84. The molecule has 1 heterocycles. The van der Waals surface area contributed by atoms with E-state index in [4.69, 9.17) is 0 Å². The smallest absolute Gasteiger partial charge is 0.311 e. The molecule has 5 nitrogen and oxygen atoms in total. The van der Waals surface area contributed by atoms with Crippen LogP contribution in [0.2, 0.25) is 0 Å². The third-order valence-electron chi connectivity index (χ3n) is 5.67. The van der Waals surface area contributed by atoms with E-state index in [0.29, 0.717) is 32.4 Å². The molecule has 2 N–H and O–H groups in total. The zero-order chi connectivity index (χ0) is 15.5. The molecule has 120 valence electrons. The number of carboxylic acid groups (broad SMARTS) is 1. The molecule has 1 saturated carbocycles. The molecule has 2 rings (SSSR count). The number of carboxylic acids is 1. The molecular formula is C16H28N2O3. The van der Waals surface area contributed by atoms with Crippen molar-refractivity contribution < 1.29 is 14.7 Å². The lowest BCUT2D eigenvalue weighted by molar-refractivity contribution is -0.148. The second-order valence-electron chi connectivity index (χ2n) is 6.77. The third-order valence-corrected chi connectivity index (χ3v) is 5.67. The first-order chi connectivity index (χ1) is 9.97. The first-order valence-electron chi connectivity index (χ1n) is 8.17. The number of hydrogen-bond donors (Lipinski definition) is 2. The predicted octanol–water partition coefficient (Wildman–Crippen LogP) is 2.01. The molecule has 2 fully saturated rings. The highest BCUT2D eigenvalue weighted by molar-refractivity contribution is 5.81. The number of aliphatic carboxylic acids is 1. The number of nitrogens with zero attached hydrogens (tertiary/aromatic N) is 1. The quantitative estimate of drug-likeness (QED) is 0.814. The van der Waals surface area contributed by atoms with Crippen molar-refractivity contribution >= 4 is 11.9 Å². The first-order valence-corrected chi connectivity index (χ1v) is 8.17. The van der Waals surface area contributed by atoms with Crippen LogP contribution in [0.5, 0.6) is 0 Å². The van der Waals surface area contributed by atoms with Crippen LogP contribution in [0.1, 0.15) is 58.3 Å². The Morgan fingerprint density at radius 1 is 1.19 bits per heavy atom. The fourth-order valence-electron chi connectivity index (χ4n) is 3.84. The summed E-state index contributed by atoms with van der Waals surface area (Å²) in [4.78, 5) is 25.8. The predicted molar refractivity (Wildman–Crippen MR) is 81.0 cm³/mol. The van der Waals surface area contributed by atoms with Crippen LogP contribution in [0.4, 0.5) is 0 Å². The molecule has 1 unspecified atom stereocenters. The molecule has 1 saturated heterocycles. The van der Waals surface area contributed by atoms with Gasteiger partial charge in [0.2, 0.25) is 5.91 Å². The number of rotatable bonds is 5. The minimum Gasteiger partial charge on any atom is -0.481 e. The van der Waals surface area contributed by atoms with Gasteiger partial charge in [0.25, 0.3) is 0 Å². The SMILES string of the molecule is CCC1(C(=O)O)CCN(C(=O)CC2(NC)CCCCC2)C1. The Morgan fingerprint density at radius 2 is 1.86 bits per heavy atom. The number of nitrogens with one attached hydrogen (secondary N) is 1. The van der Waals surface area contributed by atoms with Gasteiger partial charge in [-0.25, -0.2) is 0 Å². The van der Waals surface area contributed by atoms with E-state index in [-0.39, 0.29) is 11.4 Å². The normalized spacial score (nSPS) is 28.6. The molecule has 0 spiro atoms. The van der Waals surface area contributed by atoms with Crippen molar-refractivity contribution in [1.82, 2.24) is 10.2 Å². The van der Waals surface area contributed by atoms with Crippen LogP contribution in [0.15, 0.2) is 0 Å². The van der Waals surface area contributed by atoms with Gasteiger partial charge >= 0.3 is 5.97 Å². The second kappa shape index (κ2) is 6.34. The van der Waals surface area contributed by atoms with E-state index < -0.39 is 11.4 Å². The van der Waals surface area contributed by atoms with Crippen molar-refractivity contribution in [2.75, 3.05) is 20.1 Å². The molecule has 1 aliphatic heterocycles. The average molecular weight is 296 g/mol. The summed E-state index contributed by atoms with van der Waals surface area (Å²) in [7, 11) is 1.94. The number of carbonyl (C=O) groups is 2. The van der Waals surface area contributed by atoms with Crippen molar-refractivity contribution in [2.45, 2.75) is 63.8 Å².